The highest BCUT2D eigenvalue weighted by molar-refractivity contribution is 5.76. The normalized spacial score (nSPS) is 16.2. The van der Waals surface area contributed by atoms with Crippen LogP contribution in [0.1, 0.15) is 23.8 Å². The molecule has 2 aromatic heterocycles. The first-order valence-electron chi connectivity index (χ1n) is 10.4. The van der Waals surface area contributed by atoms with Crippen LogP contribution in [-0.2, 0) is 9.53 Å². The van der Waals surface area contributed by atoms with Crippen LogP contribution in [-0.4, -0.2) is 47.1 Å². The maximum Gasteiger partial charge on any atom is 0.226 e. The van der Waals surface area contributed by atoms with Crippen LogP contribution in [0.15, 0.2) is 60.8 Å². The minimum Gasteiger partial charge on any atom is -0.493 e. The second-order valence-electron chi connectivity index (χ2n) is 7.48. The SMILES string of the molecule is Cc1ccccc1OCCC(=O)N1CCO[C@@H](c2cccc(-c3ccc(N)nc3)n2)C1. The number of anilines is 1. The number of para-hydroxylation sites is 1. The maximum atomic E-state index is 12.7. The Morgan fingerprint density at radius 1 is 1.19 bits per heavy atom. The van der Waals surface area contributed by atoms with Crippen molar-refractivity contribution in [2.45, 2.75) is 19.4 Å². The number of carbonyl (C=O) groups is 1. The van der Waals surface area contributed by atoms with Crippen molar-refractivity contribution >= 4 is 11.7 Å². The van der Waals surface area contributed by atoms with E-state index in [1.54, 1.807) is 12.3 Å². The molecule has 2 N–H and O–H groups in total. The Balaban J connectivity index is 1.37. The number of rotatable bonds is 6. The summed E-state index contributed by atoms with van der Waals surface area (Å²) in [6.07, 6.45) is 1.76. The third-order valence-corrected chi connectivity index (χ3v) is 5.27. The van der Waals surface area contributed by atoms with Crippen molar-refractivity contribution in [3.05, 3.63) is 72.1 Å². The van der Waals surface area contributed by atoms with E-state index < -0.39 is 0 Å². The number of nitrogen functional groups attached to an aromatic ring is 1. The van der Waals surface area contributed by atoms with E-state index >= 15 is 0 Å². The van der Waals surface area contributed by atoms with Crippen molar-refractivity contribution in [3.8, 4) is 17.0 Å². The molecule has 3 aromatic rings. The molecule has 7 heteroatoms. The highest BCUT2D eigenvalue weighted by Gasteiger charge is 2.26. The number of ether oxygens (including phenoxy) is 2. The highest BCUT2D eigenvalue weighted by Crippen LogP contribution is 2.25. The lowest BCUT2D eigenvalue weighted by atomic mass is 10.1. The van der Waals surface area contributed by atoms with Gasteiger partial charge in [0.2, 0.25) is 5.91 Å². The van der Waals surface area contributed by atoms with Gasteiger partial charge in [0, 0.05) is 18.3 Å². The van der Waals surface area contributed by atoms with Crippen molar-refractivity contribution in [3.63, 3.8) is 0 Å². The topological polar surface area (TPSA) is 90.6 Å². The van der Waals surface area contributed by atoms with Crippen LogP contribution < -0.4 is 10.5 Å². The molecule has 31 heavy (non-hydrogen) atoms. The van der Waals surface area contributed by atoms with Crippen molar-refractivity contribution in [1.82, 2.24) is 14.9 Å². The molecule has 0 radical (unpaired) electrons. The number of carbonyl (C=O) groups excluding carboxylic acids is 1. The molecule has 0 unspecified atom stereocenters. The molecule has 7 nitrogen and oxygen atoms in total. The molecule has 1 aromatic carbocycles. The van der Waals surface area contributed by atoms with Gasteiger partial charge in [-0.05, 0) is 42.8 Å². The molecule has 0 spiro atoms. The van der Waals surface area contributed by atoms with Crippen LogP contribution in [0, 0.1) is 6.92 Å². The predicted molar refractivity (Wildman–Crippen MR) is 118 cm³/mol. The van der Waals surface area contributed by atoms with Gasteiger partial charge >= 0.3 is 0 Å². The van der Waals surface area contributed by atoms with Crippen molar-refractivity contribution < 1.29 is 14.3 Å². The van der Waals surface area contributed by atoms with Crippen molar-refractivity contribution in [2.75, 3.05) is 32.0 Å². The first-order chi connectivity index (χ1) is 15.1. The first-order valence-corrected chi connectivity index (χ1v) is 10.4. The number of aryl methyl sites for hydroxylation is 1. The summed E-state index contributed by atoms with van der Waals surface area (Å²) in [4.78, 5) is 23.4. The van der Waals surface area contributed by atoms with E-state index in [1.807, 2.05) is 60.4 Å². The highest BCUT2D eigenvalue weighted by atomic mass is 16.5. The number of pyridine rings is 2. The molecule has 0 saturated carbocycles. The number of nitrogens with zero attached hydrogens (tertiary/aromatic N) is 3. The summed E-state index contributed by atoms with van der Waals surface area (Å²) < 4.78 is 11.7. The molecule has 1 atom stereocenters. The predicted octanol–water partition coefficient (Wildman–Crippen LogP) is 3.40. The summed E-state index contributed by atoms with van der Waals surface area (Å²) in [6.45, 7) is 3.86. The van der Waals surface area contributed by atoms with Gasteiger partial charge in [-0.1, -0.05) is 24.3 Å². The standard InChI is InChI=1S/C24H26N4O3/c1-17-5-2-3-8-21(17)30-13-11-24(29)28-12-14-31-22(16-28)20-7-4-6-19(27-20)18-9-10-23(25)26-15-18/h2-10,15,22H,11-14,16H2,1H3,(H2,25,26)/t22-/m1/s1. The van der Waals surface area contributed by atoms with Gasteiger partial charge in [0.15, 0.2) is 0 Å². The molecule has 1 aliphatic rings. The Kier molecular flexibility index (Phi) is 6.43. The second kappa shape index (κ2) is 9.57. The van der Waals surface area contributed by atoms with Gasteiger partial charge in [0.1, 0.15) is 17.7 Å². The van der Waals surface area contributed by atoms with E-state index in [0.29, 0.717) is 38.5 Å². The van der Waals surface area contributed by atoms with E-state index in [2.05, 4.69) is 4.98 Å². The molecular weight excluding hydrogens is 392 g/mol. The number of hydrogen-bond donors (Lipinski definition) is 1. The summed E-state index contributed by atoms with van der Waals surface area (Å²) in [5.41, 5.74) is 9.20. The number of morpholine rings is 1. The van der Waals surface area contributed by atoms with Gasteiger partial charge in [0.25, 0.3) is 0 Å². The number of hydrogen-bond acceptors (Lipinski definition) is 6. The minimum absolute atomic E-state index is 0.0563. The Bertz CT molecular complexity index is 1040. The van der Waals surface area contributed by atoms with Gasteiger partial charge in [-0.25, -0.2) is 9.97 Å². The van der Waals surface area contributed by atoms with Crippen LogP contribution in [0.3, 0.4) is 0 Å². The molecule has 1 aliphatic heterocycles. The average Bonchev–Trinajstić information content (AvgIpc) is 2.81. The lowest BCUT2D eigenvalue weighted by Crippen LogP contribution is -2.42. The van der Waals surface area contributed by atoms with E-state index in [1.165, 1.54) is 0 Å². The van der Waals surface area contributed by atoms with Crippen LogP contribution >= 0.6 is 0 Å². The summed E-state index contributed by atoms with van der Waals surface area (Å²) in [7, 11) is 0. The molecule has 1 amide bonds. The lowest BCUT2D eigenvalue weighted by Gasteiger charge is -2.33. The molecule has 3 heterocycles. The summed E-state index contributed by atoms with van der Waals surface area (Å²) >= 11 is 0. The zero-order chi connectivity index (χ0) is 21.6. The molecule has 1 saturated heterocycles. The zero-order valence-corrected chi connectivity index (χ0v) is 17.5. The fourth-order valence-electron chi connectivity index (χ4n) is 3.53. The third-order valence-electron chi connectivity index (χ3n) is 5.27. The zero-order valence-electron chi connectivity index (χ0n) is 17.5. The summed E-state index contributed by atoms with van der Waals surface area (Å²) in [5.74, 6) is 1.34. The number of amides is 1. The Morgan fingerprint density at radius 3 is 2.87 bits per heavy atom. The fraction of sp³-hybridized carbons (Fsp3) is 0.292. The van der Waals surface area contributed by atoms with Gasteiger partial charge in [-0.15, -0.1) is 0 Å². The summed E-state index contributed by atoms with van der Waals surface area (Å²) in [5, 5.41) is 0. The monoisotopic (exact) mass is 418 g/mol. The van der Waals surface area contributed by atoms with Gasteiger partial charge < -0.3 is 20.1 Å². The first kappa shape index (κ1) is 20.8. The Morgan fingerprint density at radius 2 is 2.06 bits per heavy atom. The number of aromatic nitrogens is 2. The van der Waals surface area contributed by atoms with E-state index in [0.717, 1.165) is 28.3 Å². The quantitative estimate of drug-likeness (QED) is 0.660. The Hall–Kier alpha value is -3.45. The van der Waals surface area contributed by atoms with Crippen LogP contribution in [0.5, 0.6) is 5.75 Å². The average molecular weight is 418 g/mol. The van der Waals surface area contributed by atoms with Gasteiger partial charge in [-0.2, -0.15) is 0 Å². The molecule has 1 fully saturated rings. The second-order valence-corrected chi connectivity index (χ2v) is 7.48. The largest absolute Gasteiger partial charge is 0.493 e. The molecular formula is C24H26N4O3. The molecule has 0 bridgehead atoms. The molecule has 4 rings (SSSR count). The van der Waals surface area contributed by atoms with Crippen molar-refractivity contribution in [1.29, 1.82) is 0 Å². The smallest absolute Gasteiger partial charge is 0.226 e. The van der Waals surface area contributed by atoms with Crippen LogP contribution in [0.2, 0.25) is 0 Å². The number of benzene rings is 1. The fourth-order valence-corrected chi connectivity index (χ4v) is 3.53. The van der Waals surface area contributed by atoms with Gasteiger partial charge in [0.05, 0.1) is 37.6 Å². The molecule has 160 valence electrons. The summed E-state index contributed by atoms with van der Waals surface area (Å²) in [6, 6.07) is 17.2. The third kappa shape index (κ3) is 5.19. The van der Waals surface area contributed by atoms with Crippen LogP contribution in [0.4, 0.5) is 5.82 Å². The van der Waals surface area contributed by atoms with E-state index in [9.17, 15) is 4.79 Å². The van der Waals surface area contributed by atoms with Gasteiger partial charge in [-0.3, -0.25) is 4.79 Å². The maximum absolute atomic E-state index is 12.7. The Labute approximate surface area is 181 Å². The molecule has 0 aliphatic carbocycles. The number of nitrogens with two attached hydrogens (primary N) is 1. The van der Waals surface area contributed by atoms with Crippen LogP contribution in [0.25, 0.3) is 11.3 Å². The lowest BCUT2D eigenvalue weighted by molar-refractivity contribution is -0.139. The van der Waals surface area contributed by atoms with Crippen molar-refractivity contribution in [2.24, 2.45) is 0 Å². The minimum atomic E-state index is -0.267. The van der Waals surface area contributed by atoms with E-state index in [-0.39, 0.29) is 12.0 Å². The van der Waals surface area contributed by atoms with E-state index in [4.69, 9.17) is 20.2 Å².